The second-order valence-electron chi connectivity index (χ2n) is 2.90. The second-order valence-corrected chi connectivity index (χ2v) is 3.90. The highest BCUT2D eigenvalue weighted by Gasteiger charge is 2.07. The number of amides is 2. The predicted molar refractivity (Wildman–Crippen MR) is 55.0 cm³/mol. The van der Waals surface area contributed by atoms with Gasteiger partial charge in [0, 0.05) is 11.4 Å². The summed E-state index contributed by atoms with van der Waals surface area (Å²) in [6, 6.07) is 2.02. The van der Waals surface area contributed by atoms with E-state index in [1.165, 1.54) is 10.4 Å². The third kappa shape index (κ3) is 2.85. The maximum atomic E-state index is 10.8. The van der Waals surface area contributed by atoms with E-state index in [-0.39, 0.29) is 0 Å². The highest BCUT2D eigenvalue weighted by atomic mass is 32.1. The molecule has 4 nitrogen and oxygen atoms in total. The van der Waals surface area contributed by atoms with Gasteiger partial charge in [-0.2, -0.15) is 0 Å². The fourth-order valence-electron chi connectivity index (χ4n) is 1.04. The quantitative estimate of drug-likeness (QED) is 0.702. The van der Waals surface area contributed by atoms with Gasteiger partial charge in [-0.15, -0.1) is 11.3 Å². The largest absolute Gasteiger partial charge is 0.361 e. The zero-order chi connectivity index (χ0) is 10.6. The zero-order valence-corrected chi connectivity index (χ0v) is 8.69. The van der Waals surface area contributed by atoms with Crippen molar-refractivity contribution in [2.45, 2.75) is 13.3 Å². The summed E-state index contributed by atoms with van der Waals surface area (Å²) in [5.41, 5.74) is 5.99. The Morgan fingerprint density at radius 2 is 2.29 bits per heavy atom. The van der Waals surface area contributed by atoms with Crippen molar-refractivity contribution in [3.8, 4) is 0 Å². The van der Waals surface area contributed by atoms with Crippen molar-refractivity contribution in [2.24, 2.45) is 5.73 Å². The minimum Gasteiger partial charge on any atom is -0.361 e. The summed E-state index contributed by atoms with van der Waals surface area (Å²) in [4.78, 5) is 22.4. The normalized spacial score (nSPS) is 9.79. The van der Waals surface area contributed by atoms with Crippen molar-refractivity contribution < 1.29 is 9.59 Å². The number of thiophene rings is 1. The molecule has 0 saturated carbocycles. The minimum atomic E-state index is -0.937. The van der Waals surface area contributed by atoms with E-state index >= 15 is 0 Å². The fraction of sp³-hybridized carbons (Fsp3) is 0.333. The molecule has 5 heteroatoms. The maximum absolute atomic E-state index is 10.8. The van der Waals surface area contributed by atoms with Gasteiger partial charge in [-0.25, -0.2) is 0 Å². The number of nitrogens with two attached hydrogens (primary N) is 1. The predicted octanol–water partition coefficient (Wildman–Crippen LogP) is 0.201. The average Bonchev–Trinajstić information content (AvgIpc) is 2.51. The van der Waals surface area contributed by atoms with Gasteiger partial charge in [-0.05, 0) is 30.4 Å². The molecule has 14 heavy (non-hydrogen) atoms. The van der Waals surface area contributed by atoms with Crippen LogP contribution in [0.25, 0.3) is 0 Å². The SMILES string of the molecule is Cc1ccsc1CCNC(=O)C(N)=O. The van der Waals surface area contributed by atoms with E-state index in [0.717, 1.165) is 6.42 Å². The molecule has 0 aromatic carbocycles. The van der Waals surface area contributed by atoms with Crippen LogP contribution < -0.4 is 11.1 Å². The third-order valence-corrected chi connectivity index (χ3v) is 2.91. The van der Waals surface area contributed by atoms with Crippen LogP contribution in [0.5, 0.6) is 0 Å². The van der Waals surface area contributed by atoms with E-state index in [0.29, 0.717) is 6.54 Å². The average molecular weight is 212 g/mol. The summed E-state index contributed by atoms with van der Waals surface area (Å²) >= 11 is 1.64. The van der Waals surface area contributed by atoms with Gasteiger partial charge < -0.3 is 11.1 Å². The molecule has 0 aliphatic heterocycles. The smallest absolute Gasteiger partial charge is 0.309 e. The zero-order valence-electron chi connectivity index (χ0n) is 7.87. The first kappa shape index (κ1) is 10.7. The summed E-state index contributed by atoms with van der Waals surface area (Å²) in [7, 11) is 0. The third-order valence-electron chi connectivity index (χ3n) is 1.83. The first-order chi connectivity index (χ1) is 6.61. The van der Waals surface area contributed by atoms with Crippen LogP contribution in [0, 0.1) is 6.92 Å². The van der Waals surface area contributed by atoms with E-state index in [1.54, 1.807) is 11.3 Å². The topological polar surface area (TPSA) is 72.2 Å². The molecular weight excluding hydrogens is 200 g/mol. The molecular formula is C9H12N2O2S. The van der Waals surface area contributed by atoms with Crippen LogP contribution in [0.2, 0.25) is 0 Å². The van der Waals surface area contributed by atoms with Gasteiger partial charge in [0.25, 0.3) is 0 Å². The number of primary amides is 1. The molecule has 0 radical (unpaired) electrons. The van der Waals surface area contributed by atoms with Crippen molar-refractivity contribution in [3.63, 3.8) is 0 Å². The Balaban J connectivity index is 2.32. The Labute approximate surface area is 86.1 Å². The lowest BCUT2D eigenvalue weighted by atomic mass is 10.2. The molecule has 76 valence electrons. The lowest BCUT2D eigenvalue weighted by Crippen LogP contribution is -2.36. The molecule has 0 atom stereocenters. The van der Waals surface area contributed by atoms with E-state index in [9.17, 15) is 9.59 Å². The van der Waals surface area contributed by atoms with Crippen LogP contribution in [0.1, 0.15) is 10.4 Å². The molecule has 3 N–H and O–H groups in total. The number of hydrogen-bond acceptors (Lipinski definition) is 3. The molecule has 1 heterocycles. The van der Waals surface area contributed by atoms with E-state index in [2.05, 4.69) is 5.32 Å². The molecule has 0 saturated heterocycles. The molecule has 1 aromatic rings. The van der Waals surface area contributed by atoms with Gasteiger partial charge in [-0.1, -0.05) is 0 Å². The van der Waals surface area contributed by atoms with Gasteiger partial charge in [0.05, 0.1) is 0 Å². The molecule has 0 unspecified atom stereocenters. The van der Waals surface area contributed by atoms with Gasteiger partial charge in [-0.3, -0.25) is 9.59 Å². The molecule has 0 aliphatic carbocycles. The Morgan fingerprint density at radius 1 is 1.57 bits per heavy atom. The van der Waals surface area contributed by atoms with Crippen LogP contribution in [0.15, 0.2) is 11.4 Å². The Hall–Kier alpha value is -1.36. The number of hydrogen-bond donors (Lipinski definition) is 2. The van der Waals surface area contributed by atoms with Gasteiger partial charge >= 0.3 is 11.8 Å². The molecule has 1 aromatic heterocycles. The number of aryl methyl sites for hydroxylation is 1. The highest BCUT2D eigenvalue weighted by Crippen LogP contribution is 2.15. The first-order valence-corrected chi connectivity index (χ1v) is 5.10. The van der Waals surface area contributed by atoms with E-state index < -0.39 is 11.8 Å². The maximum Gasteiger partial charge on any atom is 0.309 e. The summed E-state index contributed by atoms with van der Waals surface area (Å²) in [6.45, 7) is 2.46. The van der Waals surface area contributed by atoms with Gasteiger partial charge in [0.15, 0.2) is 0 Å². The molecule has 0 spiro atoms. The Morgan fingerprint density at radius 3 is 2.79 bits per heavy atom. The summed E-state index contributed by atoms with van der Waals surface area (Å²) in [5, 5.41) is 4.44. The Bertz CT molecular complexity index is 346. The summed E-state index contributed by atoms with van der Waals surface area (Å²) < 4.78 is 0. The molecule has 1 rings (SSSR count). The first-order valence-electron chi connectivity index (χ1n) is 4.22. The monoisotopic (exact) mass is 212 g/mol. The standard InChI is InChI=1S/C9H12N2O2S/c1-6-3-5-14-7(6)2-4-11-9(13)8(10)12/h3,5H,2,4H2,1H3,(H2,10,12)(H,11,13). The second kappa shape index (κ2) is 4.76. The molecule has 0 bridgehead atoms. The highest BCUT2D eigenvalue weighted by molar-refractivity contribution is 7.10. The lowest BCUT2D eigenvalue weighted by Gasteiger charge is -2.01. The van der Waals surface area contributed by atoms with Crippen molar-refractivity contribution in [3.05, 3.63) is 21.9 Å². The fourth-order valence-corrected chi connectivity index (χ4v) is 1.95. The van der Waals surface area contributed by atoms with Crippen molar-refractivity contribution >= 4 is 23.2 Å². The summed E-state index contributed by atoms with van der Waals surface area (Å²) in [5.74, 6) is -1.66. The molecule has 0 fully saturated rings. The van der Waals surface area contributed by atoms with Crippen molar-refractivity contribution in [1.29, 1.82) is 0 Å². The van der Waals surface area contributed by atoms with Crippen LogP contribution in [0.4, 0.5) is 0 Å². The lowest BCUT2D eigenvalue weighted by molar-refractivity contribution is -0.137. The minimum absolute atomic E-state index is 0.448. The van der Waals surface area contributed by atoms with Gasteiger partial charge in [0.1, 0.15) is 0 Å². The molecule has 0 aliphatic rings. The van der Waals surface area contributed by atoms with Crippen molar-refractivity contribution in [1.82, 2.24) is 5.32 Å². The van der Waals surface area contributed by atoms with Crippen LogP contribution in [-0.4, -0.2) is 18.4 Å². The molecule has 2 amide bonds. The van der Waals surface area contributed by atoms with E-state index in [4.69, 9.17) is 5.73 Å². The van der Waals surface area contributed by atoms with Crippen LogP contribution >= 0.6 is 11.3 Å². The van der Waals surface area contributed by atoms with Gasteiger partial charge in [0.2, 0.25) is 0 Å². The van der Waals surface area contributed by atoms with Crippen LogP contribution in [0.3, 0.4) is 0 Å². The van der Waals surface area contributed by atoms with E-state index in [1.807, 2.05) is 18.4 Å². The number of carbonyl (C=O) groups is 2. The Kier molecular flexibility index (Phi) is 3.64. The van der Waals surface area contributed by atoms with Crippen molar-refractivity contribution in [2.75, 3.05) is 6.54 Å². The number of carbonyl (C=O) groups excluding carboxylic acids is 2. The van der Waals surface area contributed by atoms with Crippen LogP contribution in [-0.2, 0) is 16.0 Å². The number of rotatable bonds is 3. The summed E-state index contributed by atoms with van der Waals surface area (Å²) in [6.07, 6.45) is 0.739. The number of nitrogens with one attached hydrogen (secondary N) is 1.